The topological polar surface area (TPSA) is 129 Å². The number of ether oxygens (including phenoxy) is 3. The quantitative estimate of drug-likeness (QED) is 0.610. The summed E-state index contributed by atoms with van der Waals surface area (Å²) in [7, 11) is 0. The van der Waals surface area contributed by atoms with Crippen molar-refractivity contribution in [3.8, 4) is 0 Å². The molecule has 4 atom stereocenters. The lowest BCUT2D eigenvalue weighted by atomic mass is 10.1. The van der Waals surface area contributed by atoms with Crippen molar-refractivity contribution in [1.82, 2.24) is 9.13 Å². The Balaban J connectivity index is 2.27. The Labute approximate surface area is 147 Å². The number of rotatable bonds is 6. The van der Waals surface area contributed by atoms with Gasteiger partial charge in [-0.1, -0.05) is 0 Å². The molecule has 10 nitrogen and oxygen atoms in total. The second-order valence-corrected chi connectivity index (χ2v) is 5.67. The number of hydrogen-bond acceptors (Lipinski definition) is 8. The summed E-state index contributed by atoms with van der Waals surface area (Å²) in [5.74, 6) is 0. The molecule has 2 heterocycles. The molecule has 1 aromatic heterocycles. The van der Waals surface area contributed by atoms with Gasteiger partial charge < -0.3 is 24.4 Å². The van der Waals surface area contributed by atoms with Crippen LogP contribution in [0.1, 0.15) is 18.7 Å². The zero-order chi connectivity index (χ0) is 19.4. The summed E-state index contributed by atoms with van der Waals surface area (Å²) in [4.78, 5) is 35.9. The van der Waals surface area contributed by atoms with Gasteiger partial charge in [0, 0.05) is 11.8 Å². The summed E-state index contributed by atoms with van der Waals surface area (Å²) in [6.07, 6.45) is -6.07. The molecule has 1 aliphatic heterocycles. The molecule has 0 bridgehead atoms. The van der Waals surface area contributed by atoms with Crippen LogP contribution in [0.3, 0.4) is 0 Å². The number of alkyl halides is 1. The van der Waals surface area contributed by atoms with Crippen LogP contribution in [0.15, 0.2) is 15.8 Å². The highest BCUT2D eigenvalue weighted by atomic mass is 19.1. The van der Waals surface area contributed by atoms with Crippen molar-refractivity contribution in [3.63, 3.8) is 0 Å². The standard InChI is InChI=1S/C15H21FN2O8/c1-3-24-15(23)25-5-4-17-12(21)8(2)6-18(14(17)22)13-10(16)11(20)9(7-19)26-13/h6,9-11,13,19-20H,3-5,7H2,1-2H3/t9-,10-,11-,13-/m1/s1. The van der Waals surface area contributed by atoms with Crippen LogP contribution in [0.2, 0.25) is 0 Å². The minimum absolute atomic E-state index is 0.112. The maximum atomic E-state index is 14.3. The molecular formula is C15H21FN2O8. The molecule has 0 saturated carbocycles. The molecule has 1 aliphatic rings. The number of aryl methyl sites for hydroxylation is 1. The van der Waals surface area contributed by atoms with Gasteiger partial charge in [-0.15, -0.1) is 0 Å². The van der Waals surface area contributed by atoms with Crippen LogP contribution in [-0.4, -0.2) is 63.7 Å². The van der Waals surface area contributed by atoms with Crippen molar-refractivity contribution in [2.24, 2.45) is 0 Å². The average Bonchev–Trinajstić information content (AvgIpc) is 2.89. The molecule has 1 aromatic rings. The third-order valence-corrected chi connectivity index (χ3v) is 3.91. The Morgan fingerprint density at radius 1 is 1.38 bits per heavy atom. The lowest BCUT2D eigenvalue weighted by Crippen LogP contribution is -2.44. The van der Waals surface area contributed by atoms with Gasteiger partial charge in [0.05, 0.1) is 19.8 Å². The number of hydrogen-bond donors (Lipinski definition) is 2. The highest BCUT2D eigenvalue weighted by molar-refractivity contribution is 5.59. The van der Waals surface area contributed by atoms with Crippen molar-refractivity contribution in [2.75, 3.05) is 19.8 Å². The number of halogens is 1. The lowest BCUT2D eigenvalue weighted by Gasteiger charge is -2.18. The van der Waals surface area contributed by atoms with E-state index in [0.717, 1.165) is 15.3 Å². The second kappa shape index (κ2) is 8.43. The molecule has 0 amide bonds. The number of carbonyl (C=O) groups excluding carboxylic acids is 1. The Kier molecular flexibility index (Phi) is 6.51. The first-order valence-corrected chi connectivity index (χ1v) is 8.02. The highest BCUT2D eigenvalue weighted by Crippen LogP contribution is 2.30. The van der Waals surface area contributed by atoms with Crippen molar-refractivity contribution in [1.29, 1.82) is 0 Å². The van der Waals surface area contributed by atoms with E-state index in [2.05, 4.69) is 4.74 Å². The monoisotopic (exact) mass is 376 g/mol. The van der Waals surface area contributed by atoms with E-state index in [1.807, 2.05) is 0 Å². The fraction of sp³-hybridized carbons (Fsp3) is 0.667. The molecule has 0 aliphatic carbocycles. The van der Waals surface area contributed by atoms with E-state index in [1.165, 1.54) is 6.92 Å². The fourth-order valence-corrected chi connectivity index (χ4v) is 2.60. The fourth-order valence-electron chi connectivity index (χ4n) is 2.60. The number of aliphatic hydroxyl groups excluding tert-OH is 2. The molecule has 0 aromatic carbocycles. The molecule has 2 rings (SSSR count). The van der Waals surface area contributed by atoms with Crippen LogP contribution in [0.25, 0.3) is 0 Å². The number of nitrogens with zero attached hydrogens (tertiary/aromatic N) is 2. The molecule has 2 N–H and O–H groups in total. The van der Waals surface area contributed by atoms with Crippen LogP contribution in [-0.2, 0) is 20.8 Å². The van der Waals surface area contributed by atoms with Crippen LogP contribution in [0.4, 0.5) is 9.18 Å². The third-order valence-electron chi connectivity index (χ3n) is 3.91. The highest BCUT2D eigenvalue weighted by Gasteiger charge is 2.45. The Morgan fingerprint density at radius 3 is 2.65 bits per heavy atom. The minimum Gasteiger partial charge on any atom is -0.435 e. The summed E-state index contributed by atoms with van der Waals surface area (Å²) in [5.41, 5.74) is -1.41. The molecule has 1 saturated heterocycles. The number of aromatic nitrogens is 2. The predicted molar refractivity (Wildman–Crippen MR) is 84.6 cm³/mol. The largest absolute Gasteiger partial charge is 0.508 e. The number of aliphatic hydroxyl groups is 2. The summed E-state index contributed by atoms with van der Waals surface area (Å²) >= 11 is 0. The molecule has 0 radical (unpaired) electrons. The molecule has 0 unspecified atom stereocenters. The van der Waals surface area contributed by atoms with Gasteiger partial charge in [-0.25, -0.2) is 14.0 Å². The number of carbonyl (C=O) groups is 1. The van der Waals surface area contributed by atoms with E-state index in [0.29, 0.717) is 0 Å². The van der Waals surface area contributed by atoms with Crippen molar-refractivity contribution in [2.45, 2.75) is 45.0 Å². The van der Waals surface area contributed by atoms with E-state index >= 15 is 0 Å². The van der Waals surface area contributed by atoms with Gasteiger partial charge in [-0.05, 0) is 13.8 Å². The zero-order valence-electron chi connectivity index (χ0n) is 14.3. The minimum atomic E-state index is -1.97. The maximum Gasteiger partial charge on any atom is 0.508 e. The van der Waals surface area contributed by atoms with Crippen LogP contribution >= 0.6 is 0 Å². The molecule has 146 valence electrons. The van der Waals surface area contributed by atoms with Gasteiger partial charge in [-0.2, -0.15) is 0 Å². The zero-order valence-corrected chi connectivity index (χ0v) is 14.3. The van der Waals surface area contributed by atoms with Gasteiger partial charge in [0.25, 0.3) is 5.56 Å². The first kappa shape index (κ1) is 20.1. The summed E-state index contributed by atoms with van der Waals surface area (Å²) in [5, 5.41) is 18.8. The molecule has 26 heavy (non-hydrogen) atoms. The normalized spacial score (nSPS) is 25.3. The molecule has 1 fully saturated rings. The Morgan fingerprint density at radius 2 is 2.08 bits per heavy atom. The van der Waals surface area contributed by atoms with Gasteiger partial charge in [0.2, 0.25) is 0 Å². The first-order chi connectivity index (χ1) is 12.3. The first-order valence-electron chi connectivity index (χ1n) is 8.02. The van der Waals surface area contributed by atoms with E-state index in [-0.39, 0.29) is 25.3 Å². The Bertz CT molecular complexity index is 761. The third kappa shape index (κ3) is 3.94. The van der Waals surface area contributed by atoms with Crippen LogP contribution < -0.4 is 11.2 Å². The summed E-state index contributed by atoms with van der Waals surface area (Å²) in [6, 6.07) is 0. The summed E-state index contributed by atoms with van der Waals surface area (Å²) in [6.45, 7) is 1.93. The second-order valence-electron chi connectivity index (χ2n) is 5.67. The van der Waals surface area contributed by atoms with Crippen molar-refractivity contribution in [3.05, 3.63) is 32.6 Å². The summed E-state index contributed by atoms with van der Waals surface area (Å²) < 4.78 is 30.4. The van der Waals surface area contributed by atoms with E-state index < -0.39 is 48.6 Å². The van der Waals surface area contributed by atoms with Crippen molar-refractivity contribution < 1.29 is 33.6 Å². The van der Waals surface area contributed by atoms with Gasteiger partial charge in [0.1, 0.15) is 18.8 Å². The average molecular weight is 376 g/mol. The van der Waals surface area contributed by atoms with E-state index in [4.69, 9.17) is 14.6 Å². The molecule has 0 spiro atoms. The van der Waals surface area contributed by atoms with Crippen LogP contribution in [0.5, 0.6) is 0 Å². The maximum absolute atomic E-state index is 14.3. The lowest BCUT2D eigenvalue weighted by molar-refractivity contribution is -0.0498. The molecular weight excluding hydrogens is 355 g/mol. The van der Waals surface area contributed by atoms with Gasteiger partial charge >= 0.3 is 11.8 Å². The van der Waals surface area contributed by atoms with E-state index in [1.54, 1.807) is 6.92 Å². The van der Waals surface area contributed by atoms with Gasteiger partial charge in [-0.3, -0.25) is 13.9 Å². The van der Waals surface area contributed by atoms with Crippen LogP contribution in [0, 0.1) is 6.92 Å². The van der Waals surface area contributed by atoms with E-state index in [9.17, 15) is 23.9 Å². The smallest absolute Gasteiger partial charge is 0.435 e. The predicted octanol–water partition coefficient (Wildman–Crippen LogP) is -0.920. The van der Waals surface area contributed by atoms with Gasteiger partial charge in [0.15, 0.2) is 12.4 Å². The SMILES string of the molecule is CCOC(=O)OCCn1c(=O)c(C)cn([C@@H]2O[C@H](CO)[C@@H](O)[C@H]2F)c1=O. The van der Waals surface area contributed by atoms with Crippen molar-refractivity contribution >= 4 is 6.16 Å². The Hall–Kier alpha value is -2.24. The molecule has 11 heteroatoms.